The lowest BCUT2D eigenvalue weighted by molar-refractivity contribution is -0.122. The molecule has 136 valence electrons. The summed E-state index contributed by atoms with van der Waals surface area (Å²) in [6, 6.07) is 5.63. The molecule has 0 aliphatic rings. The molecular weight excluding hydrogens is 340 g/mol. The summed E-state index contributed by atoms with van der Waals surface area (Å²) in [6.07, 6.45) is 0. The Kier molecular flexibility index (Phi) is 7.09. The maximum Gasteiger partial charge on any atom is 0.234 e. The molecule has 0 radical (unpaired) electrons. The van der Waals surface area contributed by atoms with Crippen molar-refractivity contribution in [1.82, 2.24) is 10.2 Å². The van der Waals surface area contributed by atoms with E-state index >= 15 is 0 Å². The Bertz CT molecular complexity index is 689. The third kappa shape index (κ3) is 5.37. The van der Waals surface area contributed by atoms with E-state index in [1.54, 1.807) is 38.7 Å². The van der Waals surface area contributed by atoms with Crippen molar-refractivity contribution in [2.24, 2.45) is 0 Å². The van der Waals surface area contributed by atoms with Crippen molar-refractivity contribution in [3.8, 4) is 17.2 Å². The van der Waals surface area contributed by atoms with Crippen LogP contribution in [0.1, 0.15) is 11.1 Å². The van der Waals surface area contributed by atoms with Crippen molar-refractivity contribution < 1.29 is 19.0 Å². The largest absolute Gasteiger partial charge is 0.496 e. The van der Waals surface area contributed by atoms with E-state index in [-0.39, 0.29) is 5.91 Å². The van der Waals surface area contributed by atoms with Gasteiger partial charge in [0.1, 0.15) is 5.75 Å². The van der Waals surface area contributed by atoms with Crippen LogP contribution in [0.2, 0.25) is 0 Å². The summed E-state index contributed by atoms with van der Waals surface area (Å²) >= 11 is 1.66. The van der Waals surface area contributed by atoms with E-state index in [0.717, 1.165) is 12.1 Å². The molecule has 0 atom stereocenters. The monoisotopic (exact) mass is 364 g/mol. The summed E-state index contributed by atoms with van der Waals surface area (Å²) in [5.41, 5.74) is 2.04. The number of methoxy groups -OCH3 is 3. The fourth-order valence-electron chi connectivity index (χ4n) is 2.48. The highest BCUT2D eigenvalue weighted by Crippen LogP contribution is 2.34. The lowest BCUT2D eigenvalue weighted by atomic mass is 10.1. The predicted molar refractivity (Wildman–Crippen MR) is 98.6 cm³/mol. The van der Waals surface area contributed by atoms with Crippen LogP contribution in [0.4, 0.5) is 0 Å². The fraction of sp³-hybridized carbons (Fsp3) is 0.389. The van der Waals surface area contributed by atoms with Gasteiger partial charge in [0.15, 0.2) is 11.5 Å². The van der Waals surface area contributed by atoms with E-state index in [1.165, 1.54) is 5.56 Å². The lowest BCUT2D eigenvalue weighted by Gasteiger charge is -2.17. The smallest absolute Gasteiger partial charge is 0.234 e. The molecule has 2 aromatic rings. The van der Waals surface area contributed by atoms with Gasteiger partial charge < -0.3 is 19.5 Å². The molecule has 0 saturated carbocycles. The van der Waals surface area contributed by atoms with Gasteiger partial charge in [0.25, 0.3) is 0 Å². The second-order valence-electron chi connectivity index (χ2n) is 5.60. The number of amides is 1. The molecular formula is C18H24N2O4S. The number of carbonyl (C=O) groups is 1. The third-order valence-electron chi connectivity index (χ3n) is 3.71. The van der Waals surface area contributed by atoms with Gasteiger partial charge in [-0.1, -0.05) is 0 Å². The Balaban J connectivity index is 1.94. The number of nitrogens with zero attached hydrogens (tertiary/aromatic N) is 1. The van der Waals surface area contributed by atoms with Crippen LogP contribution in [0.3, 0.4) is 0 Å². The molecule has 0 saturated heterocycles. The number of hydrogen-bond donors (Lipinski definition) is 1. The predicted octanol–water partition coefficient (Wildman–Crippen LogP) is 2.52. The Morgan fingerprint density at radius 1 is 1.12 bits per heavy atom. The molecule has 0 aliphatic heterocycles. The number of carbonyl (C=O) groups excluding carboxylic acids is 1. The van der Waals surface area contributed by atoms with Gasteiger partial charge >= 0.3 is 0 Å². The van der Waals surface area contributed by atoms with Crippen LogP contribution in [0.25, 0.3) is 0 Å². The lowest BCUT2D eigenvalue weighted by Crippen LogP contribution is -2.34. The number of benzene rings is 1. The van der Waals surface area contributed by atoms with E-state index in [2.05, 4.69) is 16.8 Å². The summed E-state index contributed by atoms with van der Waals surface area (Å²) in [5.74, 6) is 1.78. The minimum Gasteiger partial charge on any atom is -0.496 e. The molecule has 1 amide bonds. The number of nitrogens with one attached hydrogen (secondary N) is 1. The van der Waals surface area contributed by atoms with Crippen molar-refractivity contribution in [2.75, 3.05) is 34.9 Å². The van der Waals surface area contributed by atoms with Crippen molar-refractivity contribution in [3.05, 3.63) is 40.1 Å². The van der Waals surface area contributed by atoms with Crippen molar-refractivity contribution in [3.63, 3.8) is 0 Å². The summed E-state index contributed by atoms with van der Waals surface area (Å²) < 4.78 is 15.9. The first-order chi connectivity index (χ1) is 12.1. The van der Waals surface area contributed by atoms with Crippen LogP contribution >= 0.6 is 11.3 Å². The highest BCUT2D eigenvalue weighted by atomic mass is 32.1. The van der Waals surface area contributed by atoms with Crippen molar-refractivity contribution >= 4 is 17.2 Å². The van der Waals surface area contributed by atoms with E-state index in [0.29, 0.717) is 30.3 Å². The Hall–Kier alpha value is -2.25. The molecule has 6 nitrogen and oxygen atoms in total. The maximum atomic E-state index is 12.2. The van der Waals surface area contributed by atoms with Crippen molar-refractivity contribution in [1.29, 1.82) is 0 Å². The van der Waals surface area contributed by atoms with Gasteiger partial charge in [0, 0.05) is 24.7 Å². The Morgan fingerprint density at radius 3 is 2.40 bits per heavy atom. The maximum absolute atomic E-state index is 12.2. The van der Waals surface area contributed by atoms with Crippen LogP contribution in [0.15, 0.2) is 29.0 Å². The minimum atomic E-state index is -0.0467. The molecule has 1 aromatic heterocycles. The first kappa shape index (κ1) is 19.1. The summed E-state index contributed by atoms with van der Waals surface area (Å²) in [7, 11) is 6.66. The zero-order valence-corrected chi connectivity index (χ0v) is 15.8. The molecule has 0 bridgehead atoms. The van der Waals surface area contributed by atoms with Gasteiger partial charge in [-0.05, 0) is 35.5 Å². The topological polar surface area (TPSA) is 60.0 Å². The molecule has 25 heavy (non-hydrogen) atoms. The van der Waals surface area contributed by atoms with Gasteiger partial charge in [-0.2, -0.15) is 11.3 Å². The number of hydrogen-bond acceptors (Lipinski definition) is 6. The average Bonchev–Trinajstić information content (AvgIpc) is 3.11. The van der Waals surface area contributed by atoms with Crippen LogP contribution in [-0.2, 0) is 17.9 Å². The highest BCUT2D eigenvalue weighted by molar-refractivity contribution is 7.07. The van der Waals surface area contributed by atoms with E-state index in [9.17, 15) is 4.79 Å². The standard InChI is InChI=1S/C18H24N2O4S/c1-20(10-13-5-6-25-12-13)11-18(21)19-9-14-7-16(23-3)17(24-4)8-15(14)22-2/h5-8,12H,9-11H2,1-4H3,(H,19,21). The quantitative estimate of drug-likeness (QED) is 0.741. The van der Waals surface area contributed by atoms with Crippen molar-refractivity contribution in [2.45, 2.75) is 13.1 Å². The summed E-state index contributed by atoms with van der Waals surface area (Å²) in [4.78, 5) is 14.2. The molecule has 7 heteroatoms. The highest BCUT2D eigenvalue weighted by Gasteiger charge is 2.13. The van der Waals surface area contributed by atoms with Gasteiger partial charge in [0.2, 0.25) is 5.91 Å². The van der Waals surface area contributed by atoms with Crippen LogP contribution in [-0.4, -0.2) is 45.7 Å². The van der Waals surface area contributed by atoms with Gasteiger partial charge in [-0.15, -0.1) is 0 Å². The van der Waals surface area contributed by atoms with E-state index in [4.69, 9.17) is 14.2 Å². The normalized spacial score (nSPS) is 10.6. The molecule has 0 spiro atoms. The molecule has 0 aliphatic carbocycles. The summed E-state index contributed by atoms with van der Waals surface area (Å²) in [6.45, 7) is 1.43. The van der Waals surface area contributed by atoms with Crippen LogP contribution in [0.5, 0.6) is 17.2 Å². The number of likely N-dealkylation sites (N-methyl/N-ethyl adjacent to an activating group) is 1. The molecule has 0 fully saturated rings. The average molecular weight is 364 g/mol. The third-order valence-corrected chi connectivity index (χ3v) is 4.44. The molecule has 2 rings (SSSR count). The number of ether oxygens (including phenoxy) is 3. The van der Waals surface area contributed by atoms with Gasteiger partial charge in [-0.3, -0.25) is 9.69 Å². The summed E-state index contributed by atoms with van der Waals surface area (Å²) in [5, 5.41) is 7.04. The SMILES string of the molecule is COc1cc(OC)c(OC)cc1CNC(=O)CN(C)Cc1ccsc1. The zero-order valence-electron chi connectivity index (χ0n) is 15.0. The van der Waals surface area contributed by atoms with Crippen LogP contribution < -0.4 is 19.5 Å². The minimum absolute atomic E-state index is 0.0467. The first-order valence-corrected chi connectivity index (χ1v) is 8.76. The molecule has 1 N–H and O–H groups in total. The van der Waals surface area contributed by atoms with E-state index < -0.39 is 0 Å². The molecule has 0 unspecified atom stereocenters. The zero-order chi connectivity index (χ0) is 18.2. The fourth-order valence-corrected chi connectivity index (χ4v) is 3.14. The Labute approximate surface area is 152 Å². The van der Waals surface area contributed by atoms with E-state index in [1.807, 2.05) is 23.4 Å². The molecule has 1 heterocycles. The first-order valence-electron chi connectivity index (χ1n) is 7.82. The number of thiophene rings is 1. The van der Waals surface area contributed by atoms with Gasteiger partial charge in [-0.25, -0.2) is 0 Å². The van der Waals surface area contributed by atoms with Crippen LogP contribution in [0, 0.1) is 0 Å². The number of rotatable bonds is 9. The molecule has 1 aromatic carbocycles. The Morgan fingerprint density at radius 2 is 1.80 bits per heavy atom. The second kappa shape index (κ2) is 9.29. The second-order valence-corrected chi connectivity index (χ2v) is 6.38. The van der Waals surface area contributed by atoms with Gasteiger partial charge in [0.05, 0.1) is 27.9 Å².